The van der Waals surface area contributed by atoms with Crippen LogP contribution in [0.4, 0.5) is 0 Å². The van der Waals surface area contributed by atoms with Gasteiger partial charge in [0.25, 0.3) is 0 Å². The van der Waals surface area contributed by atoms with Gasteiger partial charge < -0.3 is 4.74 Å². The minimum atomic E-state index is 0.426. The molecule has 0 bridgehead atoms. The largest absolute Gasteiger partial charge is 0.455 e. The number of hydrogen-bond donors (Lipinski definition) is 0. The van der Waals surface area contributed by atoms with E-state index in [1.807, 2.05) is 25.1 Å². The van der Waals surface area contributed by atoms with Gasteiger partial charge in [0.05, 0.1) is 10.0 Å². The zero-order chi connectivity index (χ0) is 13.1. The van der Waals surface area contributed by atoms with Crippen molar-refractivity contribution < 1.29 is 9.53 Å². The van der Waals surface area contributed by atoms with Crippen molar-refractivity contribution in [2.24, 2.45) is 0 Å². The maximum Gasteiger partial charge on any atom is 0.153 e. The number of rotatable bonds is 3. The van der Waals surface area contributed by atoms with Gasteiger partial charge in [-0.25, -0.2) is 0 Å². The standard InChI is InChI=1S/C14H10BrClO2/c1-9-2-4-14(12(15)6-9)18-13-5-3-11(16)7-10(13)8-17/h2-8H,1H3. The molecule has 92 valence electrons. The molecule has 0 fully saturated rings. The first-order valence-corrected chi connectivity index (χ1v) is 6.46. The van der Waals surface area contributed by atoms with Crippen molar-refractivity contribution in [1.82, 2.24) is 0 Å². The Morgan fingerprint density at radius 3 is 2.56 bits per heavy atom. The van der Waals surface area contributed by atoms with E-state index in [0.29, 0.717) is 22.1 Å². The summed E-state index contributed by atoms with van der Waals surface area (Å²) in [6.07, 6.45) is 0.726. The van der Waals surface area contributed by atoms with Crippen molar-refractivity contribution in [1.29, 1.82) is 0 Å². The minimum absolute atomic E-state index is 0.426. The Balaban J connectivity index is 2.36. The van der Waals surface area contributed by atoms with Crippen LogP contribution in [0.1, 0.15) is 15.9 Å². The van der Waals surface area contributed by atoms with Gasteiger partial charge in [-0.2, -0.15) is 0 Å². The molecule has 0 unspecified atom stereocenters. The van der Waals surface area contributed by atoms with Crippen molar-refractivity contribution in [2.45, 2.75) is 6.92 Å². The lowest BCUT2D eigenvalue weighted by Gasteiger charge is -2.10. The number of carbonyl (C=O) groups is 1. The maximum atomic E-state index is 11.0. The van der Waals surface area contributed by atoms with Crippen LogP contribution in [0, 0.1) is 6.92 Å². The molecule has 0 N–H and O–H groups in total. The van der Waals surface area contributed by atoms with Crippen LogP contribution in [0.15, 0.2) is 40.9 Å². The van der Waals surface area contributed by atoms with Crippen LogP contribution < -0.4 is 4.74 Å². The molecule has 2 nitrogen and oxygen atoms in total. The molecule has 0 saturated carbocycles. The summed E-state index contributed by atoms with van der Waals surface area (Å²) in [7, 11) is 0. The van der Waals surface area contributed by atoms with E-state index in [0.717, 1.165) is 16.3 Å². The number of ether oxygens (including phenoxy) is 1. The zero-order valence-corrected chi connectivity index (χ0v) is 12.0. The normalized spacial score (nSPS) is 10.2. The van der Waals surface area contributed by atoms with Crippen LogP contribution in [0.5, 0.6) is 11.5 Å². The SMILES string of the molecule is Cc1ccc(Oc2ccc(Cl)cc2C=O)c(Br)c1. The molecule has 0 radical (unpaired) electrons. The fourth-order valence-corrected chi connectivity index (χ4v) is 2.27. The van der Waals surface area contributed by atoms with Gasteiger partial charge in [0, 0.05) is 5.02 Å². The summed E-state index contributed by atoms with van der Waals surface area (Å²) in [5.41, 5.74) is 1.55. The van der Waals surface area contributed by atoms with Crippen LogP contribution in [0.2, 0.25) is 5.02 Å². The van der Waals surface area contributed by atoms with E-state index in [1.165, 1.54) is 0 Å². The molecule has 0 saturated heterocycles. The van der Waals surface area contributed by atoms with E-state index in [2.05, 4.69) is 15.9 Å². The first kappa shape index (κ1) is 13.1. The average Bonchev–Trinajstić information content (AvgIpc) is 2.34. The molecule has 0 atom stereocenters. The molecule has 0 aliphatic carbocycles. The summed E-state index contributed by atoms with van der Waals surface area (Å²) in [6.45, 7) is 1.99. The monoisotopic (exact) mass is 324 g/mol. The summed E-state index contributed by atoms with van der Waals surface area (Å²) in [6, 6.07) is 10.7. The molecule has 0 aromatic heterocycles. The third kappa shape index (κ3) is 2.92. The van der Waals surface area contributed by atoms with Gasteiger partial charge in [-0.3, -0.25) is 4.79 Å². The third-order valence-corrected chi connectivity index (χ3v) is 3.26. The Morgan fingerprint density at radius 2 is 1.89 bits per heavy atom. The van der Waals surface area contributed by atoms with E-state index < -0.39 is 0 Å². The van der Waals surface area contributed by atoms with Crippen molar-refractivity contribution in [2.75, 3.05) is 0 Å². The van der Waals surface area contributed by atoms with E-state index in [1.54, 1.807) is 18.2 Å². The predicted molar refractivity (Wildman–Crippen MR) is 75.8 cm³/mol. The van der Waals surface area contributed by atoms with Gasteiger partial charge in [-0.1, -0.05) is 17.7 Å². The van der Waals surface area contributed by atoms with Crippen LogP contribution >= 0.6 is 27.5 Å². The van der Waals surface area contributed by atoms with Gasteiger partial charge in [-0.15, -0.1) is 0 Å². The molecule has 2 rings (SSSR count). The second-order valence-electron chi connectivity index (χ2n) is 3.84. The van der Waals surface area contributed by atoms with Gasteiger partial charge in [0.15, 0.2) is 6.29 Å². The Labute approximate surface area is 119 Å². The van der Waals surface area contributed by atoms with Crippen molar-refractivity contribution >= 4 is 33.8 Å². The first-order chi connectivity index (χ1) is 8.60. The minimum Gasteiger partial charge on any atom is -0.455 e. The molecule has 0 heterocycles. The molecule has 18 heavy (non-hydrogen) atoms. The number of aldehydes is 1. The molecule has 2 aromatic rings. The highest BCUT2D eigenvalue weighted by Gasteiger charge is 2.07. The quantitative estimate of drug-likeness (QED) is 0.741. The Bertz CT molecular complexity index is 596. The van der Waals surface area contributed by atoms with Gasteiger partial charge in [-0.05, 0) is 58.7 Å². The van der Waals surface area contributed by atoms with Crippen molar-refractivity contribution in [3.05, 3.63) is 57.0 Å². The highest BCUT2D eigenvalue weighted by Crippen LogP contribution is 2.32. The lowest BCUT2D eigenvalue weighted by molar-refractivity contribution is 0.112. The number of benzene rings is 2. The summed E-state index contributed by atoms with van der Waals surface area (Å²) in [4.78, 5) is 11.0. The van der Waals surface area contributed by atoms with E-state index in [4.69, 9.17) is 16.3 Å². The highest BCUT2D eigenvalue weighted by atomic mass is 79.9. The molecule has 0 aliphatic heterocycles. The summed E-state index contributed by atoms with van der Waals surface area (Å²) < 4.78 is 6.55. The fraction of sp³-hybridized carbons (Fsp3) is 0.0714. The van der Waals surface area contributed by atoms with E-state index in [9.17, 15) is 4.79 Å². The Morgan fingerprint density at radius 1 is 1.17 bits per heavy atom. The molecule has 0 spiro atoms. The maximum absolute atomic E-state index is 11.0. The van der Waals surface area contributed by atoms with Crippen LogP contribution in [-0.2, 0) is 0 Å². The predicted octanol–water partition coefficient (Wildman–Crippen LogP) is 5.02. The average molecular weight is 326 g/mol. The molecular weight excluding hydrogens is 316 g/mol. The second-order valence-corrected chi connectivity index (χ2v) is 5.13. The summed E-state index contributed by atoms with van der Waals surface area (Å²) in [5.74, 6) is 1.14. The molecule has 0 aliphatic rings. The van der Waals surface area contributed by atoms with Gasteiger partial charge >= 0.3 is 0 Å². The number of hydrogen-bond acceptors (Lipinski definition) is 2. The van der Waals surface area contributed by atoms with Crippen LogP contribution in [0.25, 0.3) is 0 Å². The first-order valence-electron chi connectivity index (χ1n) is 5.29. The molecule has 4 heteroatoms. The lowest BCUT2D eigenvalue weighted by Crippen LogP contribution is -1.91. The van der Waals surface area contributed by atoms with Crippen molar-refractivity contribution in [3.8, 4) is 11.5 Å². The lowest BCUT2D eigenvalue weighted by atomic mass is 10.2. The number of carbonyl (C=O) groups excluding carboxylic acids is 1. The van der Waals surface area contributed by atoms with Crippen LogP contribution in [0.3, 0.4) is 0 Å². The van der Waals surface area contributed by atoms with Gasteiger partial charge in [0.2, 0.25) is 0 Å². The van der Waals surface area contributed by atoms with Gasteiger partial charge in [0.1, 0.15) is 11.5 Å². The summed E-state index contributed by atoms with van der Waals surface area (Å²) >= 11 is 9.25. The van der Waals surface area contributed by atoms with Crippen molar-refractivity contribution in [3.63, 3.8) is 0 Å². The number of aryl methyl sites for hydroxylation is 1. The second kappa shape index (κ2) is 5.55. The van der Waals surface area contributed by atoms with Crippen LogP contribution in [-0.4, -0.2) is 6.29 Å². The molecule has 2 aromatic carbocycles. The Kier molecular flexibility index (Phi) is 4.04. The third-order valence-electron chi connectivity index (χ3n) is 2.41. The smallest absolute Gasteiger partial charge is 0.153 e. The zero-order valence-electron chi connectivity index (χ0n) is 9.61. The highest BCUT2D eigenvalue weighted by molar-refractivity contribution is 9.10. The fourth-order valence-electron chi connectivity index (χ4n) is 1.51. The molecule has 0 amide bonds. The van der Waals surface area contributed by atoms with E-state index in [-0.39, 0.29) is 0 Å². The number of halogens is 2. The molecular formula is C14H10BrClO2. The Hall–Kier alpha value is -1.32. The van der Waals surface area contributed by atoms with E-state index >= 15 is 0 Å². The topological polar surface area (TPSA) is 26.3 Å². The summed E-state index contributed by atoms with van der Waals surface area (Å²) in [5, 5.41) is 0.507.